The summed E-state index contributed by atoms with van der Waals surface area (Å²) in [7, 11) is 0. The number of imidazole rings is 1. The van der Waals surface area contributed by atoms with Crippen LogP contribution in [0.15, 0.2) is 42.6 Å². The lowest BCUT2D eigenvalue weighted by atomic mass is 10.1. The van der Waals surface area contributed by atoms with E-state index in [1.807, 2.05) is 36.5 Å². The molecule has 0 unspecified atom stereocenters. The van der Waals surface area contributed by atoms with Gasteiger partial charge in [-0.3, -0.25) is 0 Å². The molecular formula is C18H18ClN3. The highest BCUT2D eigenvalue weighted by atomic mass is 35.5. The molecule has 1 saturated carbocycles. The number of halogens is 1. The quantitative estimate of drug-likeness (QED) is 0.696. The van der Waals surface area contributed by atoms with Crippen LogP contribution in [0.2, 0.25) is 5.02 Å². The second-order valence-electron chi connectivity index (χ2n) is 5.95. The largest absolute Gasteiger partial charge is 0.309 e. The van der Waals surface area contributed by atoms with E-state index in [4.69, 9.17) is 16.6 Å². The molecule has 3 aromatic rings. The maximum absolute atomic E-state index is 6.33. The van der Waals surface area contributed by atoms with E-state index < -0.39 is 0 Å². The number of nitrogens with zero attached hydrogens (tertiary/aromatic N) is 3. The first kappa shape index (κ1) is 13.8. The summed E-state index contributed by atoms with van der Waals surface area (Å²) in [5, 5.41) is 0.806. The first-order valence-electron chi connectivity index (χ1n) is 7.88. The van der Waals surface area contributed by atoms with Gasteiger partial charge in [0, 0.05) is 23.7 Å². The molecule has 2 aromatic heterocycles. The maximum Gasteiger partial charge on any atom is 0.160 e. The second kappa shape index (κ2) is 5.73. The fourth-order valence-electron chi connectivity index (χ4n) is 3.46. The molecule has 1 aliphatic rings. The molecule has 0 spiro atoms. The van der Waals surface area contributed by atoms with E-state index in [0.717, 1.165) is 34.0 Å². The third kappa shape index (κ3) is 2.40. The molecule has 1 fully saturated rings. The Kier molecular flexibility index (Phi) is 3.59. The van der Waals surface area contributed by atoms with Gasteiger partial charge in [0.15, 0.2) is 5.65 Å². The summed E-state index contributed by atoms with van der Waals surface area (Å²) in [5.41, 5.74) is 3.12. The van der Waals surface area contributed by atoms with Crippen LogP contribution in [-0.4, -0.2) is 14.5 Å². The van der Waals surface area contributed by atoms with Gasteiger partial charge in [0.05, 0.1) is 0 Å². The third-order valence-corrected chi connectivity index (χ3v) is 4.89. The molecule has 0 atom stereocenters. The molecule has 0 bridgehead atoms. The Morgan fingerprint density at radius 2 is 1.91 bits per heavy atom. The fraction of sp³-hybridized carbons (Fsp3) is 0.333. The van der Waals surface area contributed by atoms with Gasteiger partial charge in [-0.05, 0) is 36.6 Å². The van der Waals surface area contributed by atoms with Gasteiger partial charge in [-0.15, -0.1) is 0 Å². The molecule has 2 heterocycles. The lowest BCUT2D eigenvalue weighted by Gasteiger charge is -2.16. The van der Waals surface area contributed by atoms with Crippen LogP contribution in [-0.2, 0) is 6.42 Å². The van der Waals surface area contributed by atoms with Crippen molar-refractivity contribution in [2.24, 2.45) is 0 Å². The SMILES string of the molecule is Clc1ccccc1Cc1nc2cccnc2n1C1CCCC1. The Morgan fingerprint density at radius 1 is 1.09 bits per heavy atom. The molecule has 1 aliphatic carbocycles. The fourth-order valence-corrected chi connectivity index (χ4v) is 3.66. The summed E-state index contributed by atoms with van der Waals surface area (Å²) in [6, 6.07) is 12.5. The van der Waals surface area contributed by atoms with Gasteiger partial charge in [-0.25, -0.2) is 9.97 Å². The smallest absolute Gasteiger partial charge is 0.160 e. The molecule has 0 aliphatic heterocycles. The van der Waals surface area contributed by atoms with E-state index in [9.17, 15) is 0 Å². The Hall–Kier alpha value is -1.87. The maximum atomic E-state index is 6.33. The van der Waals surface area contributed by atoms with Crippen LogP contribution in [0.25, 0.3) is 11.2 Å². The first-order chi connectivity index (χ1) is 10.8. The monoisotopic (exact) mass is 311 g/mol. The number of hydrogen-bond donors (Lipinski definition) is 0. The molecule has 0 N–H and O–H groups in total. The van der Waals surface area contributed by atoms with Crippen molar-refractivity contribution in [3.8, 4) is 0 Å². The van der Waals surface area contributed by atoms with Crippen molar-refractivity contribution in [2.75, 3.05) is 0 Å². The minimum atomic E-state index is 0.525. The number of pyridine rings is 1. The average Bonchev–Trinajstić information content (AvgIpc) is 3.16. The van der Waals surface area contributed by atoms with Crippen LogP contribution in [0.1, 0.15) is 43.1 Å². The van der Waals surface area contributed by atoms with E-state index >= 15 is 0 Å². The minimum absolute atomic E-state index is 0.525. The van der Waals surface area contributed by atoms with Gasteiger partial charge in [-0.2, -0.15) is 0 Å². The van der Waals surface area contributed by atoms with Crippen LogP contribution >= 0.6 is 11.6 Å². The standard InChI is InChI=1S/C18H18ClN3/c19-15-9-4-1-6-13(15)12-17-21-16-10-5-11-20-18(16)22(17)14-7-2-3-8-14/h1,4-6,9-11,14H,2-3,7-8,12H2. The van der Waals surface area contributed by atoms with Crippen molar-refractivity contribution in [1.29, 1.82) is 0 Å². The molecule has 22 heavy (non-hydrogen) atoms. The highest BCUT2D eigenvalue weighted by Gasteiger charge is 2.23. The molecule has 4 rings (SSSR count). The minimum Gasteiger partial charge on any atom is -0.309 e. The molecule has 0 radical (unpaired) electrons. The van der Waals surface area contributed by atoms with Crippen molar-refractivity contribution in [3.63, 3.8) is 0 Å². The van der Waals surface area contributed by atoms with Crippen molar-refractivity contribution in [1.82, 2.24) is 14.5 Å². The number of hydrogen-bond acceptors (Lipinski definition) is 2. The summed E-state index contributed by atoms with van der Waals surface area (Å²) in [5.74, 6) is 1.08. The van der Waals surface area contributed by atoms with E-state index in [0.29, 0.717) is 6.04 Å². The zero-order chi connectivity index (χ0) is 14.9. The molecule has 112 valence electrons. The third-order valence-electron chi connectivity index (χ3n) is 4.52. The van der Waals surface area contributed by atoms with Crippen LogP contribution in [0.3, 0.4) is 0 Å². The van der Waals surface area contributed by atoms with Crippen LogP contribution in [0, 0.1) is 0 Å². The predicted molar refractivity (Wildman–Crippen MR) is 89.3 cm³/mol. The Labute approximate surface area is 135 Å². The summed E-state index contributed by atoms with van der Waals surface area (Å²) in [6.45, 7) is 0. The van der Waals surface area contributed by atoms with E-state index in [2.05, 4.69) is 15.6 Å². The highest BCUT2D eigenvalue weighted by Crippen LogP contribution is 2.34. The number of aromatic nitrogens is 3. The zero-order valence-corrected chi connectivity index (χ0v) is 13.1. The van der Waals surface area contributed by atoms with Crippen LogP contribution in [0.4, 0.5) is 0 Å². The van der Waals surface area contributed by atoms with Gasteiger partial charge in [0.1, 0.15) is 11.3 Å². The van der Waals surface area contributed by atoms with Crippen LogP contribution < -0.4 is 0 Å². The van der Waals surface area contributed by atoms with E-state index in [1.54, 1.807) is 0 Å². The molecular weight excluding hydrogens is 294 g/mol. The number of fused-ring (bicyclic) bond motifs is 1. The topological polar surface area (TPSA) is 30.7 Å². The second-order valence-corrected chi connectivity index (χ2v) is 6.36. The highest BCUT2D eigenvalue weighted by molar-refractivity contribution is 6.31. The lowest BCUT2D eigenvalue weighted by molar-refractivity contribution is 0.511. The Bertz CT molecular complexity index is 803. The number of rotatable bonds is 3. The van der Waals surface area contributed by atoms with Crippen molar-refractivity contribution < 1.29 is 0 Å². The first-order valence-corrected chi connectivity index (χ1v) is 8.26. The van der Waals surface area contributed by atoms with Crippen LogP contribution in [0.5, 0.6) is 0 Å². The molecule has 0 saturated heterocycles. The molecule has 0 amide bonds. The zero-order valence-electron chi connectivity index (χ0n) is 12.4. The molecule has 1 aromatic carbocycles. The summed E-state index contributed by atoms with van der Waals surface area (Å²) in [4.78, 5) is 9.41. The van der Waals surface area contributed by atoms with E-state index in [1.165, 1.54) is 25.7 Å². The molecule has 3 nitrogen and oxygen atoms in total. The van der Waals surface area contributed by atoms with Crippen molar-refractivity contribution >= 4 is 22.8 Å². The van der Waals surface area contributed by atoms with Gasteiger partial charge in [0.2, 0.25) is 0 Å². The summed E-state index contributed by atoms with van der Waals surface area (Å²) < 4.78 is 2.35. The van der Waals surface area contributed by atoms with Gasteiger partial charge in [-0.1, -0.05) is 42.6 Å². The molecule has 4 heteroatoms. The Balaban J connectivity index is 1.82. The summed E-state index contributed by atoms with van der Waals surface area (Å²) >= 11 is 6.33. The normalized spacial score (nSPS) is 15.7. The average molecular weight is 312 g/mol. The number of benzene rings is 1. The predicted octanol–water partition coefficient (Wildman–Crippen LogP) is 4.79. The van der Waals surface area contributed by atoms with Crippen molar-refractivity contribution in [3.05, 3.63) is 59.0 Å². The Morgan fingerprint density at radius 3 is 2.73 bits per heavy atom. The van der Waals surface area contributed by atoms with Gasteiger partial charge in [0.25, 0.3) is 0 Å². The van der Waals surface area contributed by atoms with Gasteiger partial charge >= 0.3 is 0 Å². The van der Waals surface area contributed by atoms with Crippen molar-refractivity contribution in [2.45, 2.75) is 38.1 Å². The lowest BCUT2D eigenvalue weighted by Crippen LogP contribution is -2.10. The summed E-state index contributed by atoms with van der Waals surface area (Å²) in [6.07, 6.45) is 7.64. The van der Waals surface area contributed by atoms with E-state index in [-0.39, 0.29) is 0 Å². The van der Waals surface area contributed by atoms with Gasteiger partial charge < -0.3 is 4.57 Å².